The molecule has 0 aliphatic heterocycles. The van der Waals surface area contributed by atoms with Crippen molar-refractivity contribution in [2.75, 3.05) is 12.4 Å². The Balaban J connectivity index is 1.93. The Bertz CT molecular complexity index is 1270. The number of ether oxygens (including phenoxy) is 1. The highest BCUT2D eigenvalue weighted by molar-refractivity contribution is 7.89. The van der Waals surface area contributed by atoms with Crippen LogP contribution in [-0.4, -0.2) is 27.5 Å². The number of amides is 1. The van der Waals surface area contributed by atoms with Gasteiger partial charge in [-0.1, -0.05) is 48.0 Å². The molecule has 34 heavy (non-hydrogen) atoms. The maximum atomic E-state index is 13.1. The molecular weight excluding hydrogens is 493 g/mol. The number of sulfonamides is 1. The van der Waals surface area contributed by atoms with Gasteiger partial charge in [-0.05, 0) is 48.4 Å². The highest BCUT2D eigenvalue weighted by Gasteiger charge is 2.32. The Morgan fingerprint density at radius 2 is 1.74 bits per heavy atom. The van der Waals surface area contributed by atoms with Crippen LogP contribution in [0.1, 0.15) is 11.1 Å². The van der Waals surface area contributed by atoms with E-state index in [1.54, 1.807) is 30.3 Å². The molecule has 0 aliphatic carbocycles. The predicted octanol–water partition coefficient (Wildman–Crippen LogP) is 4.90. The van der Waals surface area contributed by atoms with Gasteiger partial charge in [0.25, 0.3) is 0 Å². The number of benzene rings is 3. The molecule has 180 valence electrons. The van der Waals surface area contributed by atoms with E-state index in [1.807, 2.05) is 0 Å². The van der Waals surface area contributed by atoms with Crippen molar-refractivity contribution in [3.63, 3.8) is 0 Å². The van der Waals surface area contributed by atoms with Crippen molar-refractivity contribution >= 4 is 33.2 Å². The van der Waals surface area contributed by atoms with E-state index < -0.39 is 33.7 Å². The van der Waals surface area contributed by atoms with Crippen LogP contribution in [0.2, 0.25) is 5.02 Å². The monoisotopic (exact) mass is 512 g/mol. The highest BCUT2D eigenvalue weighted by Crippen LogP contribution is 2.31. The van der Waals surface area contributed by atoms with Crippen molar-refractivity contribution in [3.8, 4) is 5.75 Å². The second-order valence-electron chi connectivity index (χ2n) is 7.23. The fraction of sp³-hybridized carbons (Fsp3) is 0.174. The first-order valence-electron chi connectivity index (χ1n) is 9.87. The van der Waals surface area contributed by atoms with E-state index in [-0.39, 0.29) is 27.8 Å². The second-order valence-corrected chi connectivity index (χ2v) is 9.35. The van der Waals surface area contributed by atoms with Crippen LogP contribution in [0.5, 0.6) is 5.75 Å². The Hall–Kier alpha value is -3.08. The third-order valence-electron chi connectivity index (χ3n) is 4.77. The van der Waals surface area contributed by atoms with Gasteiger partial charge in [-0.3, -0.25) is 4.79 Å². The summed E-state index contributed by atoms with van der Waals surface area (Å²) in [6, 6.07) is 15.3. The zero-order valence-corrected chi connectivity index (χ0v) is 19.3. The van der Waals surface area contributed by atoms with Gasteiger partial charge in [-0.25, -0.2) is 8.42 Å². The van der Waals surface area contributed by atoms with Crippen LogP contribution in [-0.2, 0) is 27.4 Å². The number of anilines is 1. The summed E-state index contributed by atoms with van der Waals surface area (Å²) in [5, 5.41) is 2.50. The first-order chi connectivity index (χ1) is 16.0. The van der Waals surface area contributed by atoms with Gasteiger partial charge in [-0.15, -0.1) is 0 Å². The summed E-state index contributed by atoms with van der Waals surface area (Å²) in [4.78, 5) is 12.7. The number of methoxy groups -OCH3 is 1. The van der Waals surface area contributed by atoms with Gasteiger partial charge < -0.3 is 10.1 Å². The average Bonchev–Trinajstić information content (AvgIpc) is 2.79. The molecule has 0 radical (unpaired) electrons. The molecule has 0 aliphatic rings. The van der Waals surface area contributed by atoms with Crippen molar-refractivity contribution in [2.45, 2.75) is 23.5 Å². The maximum Gasteiger partial charge on any atom is 0.416 e. The lowest BCUT2D eigenvalue weighted by Crippen LogP contribution is -2.45. The van der Waals surface area contributed by atoms with E-state index in [2.05, 4.69) is 10.0 Å². The lowest BCUT2D eigenvalue weighted by Gasteiger charge is -2.20. The highest BCUT2D eigenvalue weighted by atomic mass is 35.5. The fourth-order valence-corrected chi connectivity index (χ4v) is 4.78. The lowest BCUT2D eigenvalue weighted by atomic mass is 10.1. The molecule has 0 bridgehead atoms. The van der Waals surface area contributed by atoms with Crippen molar-refractivity contribution in [1.82, 2.24) is 4.72 Å². The van der Waals surface area contributed by atoms with E-state index >= 15 is 0 Å². The van der Waals surface area contributed by atoms with Gasteiger partial charge in [0, 0.05) is 10.7 Å². The van der Waals surface area contributed by atoms with Crippen LogP contribution in [0.25, 0.3) is 0 Å². The van der Waals surface area contributed by atoms with E-state index in [1.165, 1.54) is 31.4 Å². The maximum absolute atomic E-state index is 13.1. The molecule has 0 spiro atoms. The predicted molar refractivity (Wildman–Crippen MR) is 122 cm³/mol. The molecule has 3 aromatic carbocycles. The quantitative estimate of drug-likeness (QED) is 0.450. The Kier molecular flexibility index (Phi) is 7.86. The van der Waals surface area contributed by atoms with Crippen LogP contribution in [0.4, 0.5) is 18.9 Å². The molecule has 1 unspecified atom stereocenters. The molecule has 3 rings (SSSR count). The van der Waals surface area contributed by atoms with Crippen LogP contribution in [0.15, 0.2) is 77.7 Å². The van der Waals surface area contributed by atoms with Crippen molar-refractivity contribution in [1.29, 1.82) is 0 Å². The standard InChI is InChI=1S/C23H20ClF3N2O4S/c1-33-20-11-10-17(24)14-21(20)34(31,32)29-19(12-15-6-3-2-4-7-15)22(30)28-18-9-5-8-16(13-18)23(25,26)27/h2-11,13-14,19,29H,12H2,1H3,(H,28,30). The topological polar surface area (TPSA) is 84.5 Å². The number of nitrogens with one attached hydrogen (secondary N) is 2. The SMILES string of the molecule is COc1ccc(Cl)cc1S(=O)(=O)NC(Cc1ccccc1)C(=O)Nc1cccc(C(F)(F)F)c1. The van der Waals surface area contributed by atoms with E-state index in [0.717, 1.165) is 18.2 Å². The number of alkyl halides is 3. The number of carbonyl (C=O) groups excluding carboxylic acids is 1. The molecule has 1 amide bonds. The lowest BCUT2D eigenvalue weighted by molar-refractivity contribution is -0.137. The Labute approximate surface area is 199 Å². The van der Waals surface area contributed by atoms with Gasteiger partial charge in [0.1, 0.15) is 16.7 Å². The van der Waals surface area contributed by atoms with Crippen LogP contribution < -0.4 is 14.8 Å². The molecule has 6 nitrogen and oxygen atoms in total. The third-order valence-corrected chi connectivity index (χ3v) is 6.50. The summed E-state index contributed by atoms with van der Waals surface area (Å²) in [5.41, 5.74) is -0.445. The minimum Gasteiger partial charge on any atom is -0.495 e. The summed E-state index contributed by atoms with van der Waals surface area (Å²) in [5.74, 6) is -0.832. The van der Waals surface area contributed by atoms with Crippen molar-refractivity contribution in [2.24, 2.45) is 0 Å². The number of hydrogen-bond donors (Lipinski definition) is 2. The molecule has 2 N–H and O–H groups in total. The van der Waals surface area contributed by atoms with Gasteiger partial charge in [0.05, 0.1) is 12.7 Å². The first-order valence-corrected chi connectivity index (χ1v) is 11.7. The number of halogens is 4. The van der Waals surface area contributed by atoms with Gasteiger partial charge in [0.2, 0.25) is 15.9 Å². The Morgan fingerprint density at radius 3 is 2.38 bits per heavy atom. The summed E-state index contributed by atoms with van der Waals surface area (Å²) < 4.78 is 72.8. The minimum absolute atomic E-state index is 0.00801. The summed E-state index contributed by atoms with van der Waals surface area (Å²) in [7, 11) is -3.03. The largest absolute Gasteiger partial charge is 0.495 e. The minimum atomic E-state index is -4.60. The molecule has 0 fully saturated rings. The molecule has 1 atom stereocenters. The molecule has 0 saturated heterocycles. The number of carbonyl (C=O) groups is 1. The Morgan fingerprint density at radius 1 is 1.03 bits per heavy atom. The van der Waals surface area contributed by atoms with Crippen molar-refractivity contribution in [3.05, 3.63) is 88.9 Å². The van der Waals surface area contributed by atoms with E-state index in [9.17, 15) is 26.4 Å². The second kappa shape index (κ2) is 10.5. The molecule has 0 saturated carbocycles. The normalized spacial score (nSPS) is 12.7. The van der Waals surface area contributed by atoms with Gasteiger partial charge >= 0.3 is 6.18 Å². The molecular formula is C23H20ClF3N2O4S. The summed E-state index contributed by atoms with van der Waals surface area (Å²) in [6.45, 7) is 0. The molecule has 0 aromatic heterocycles. The zero-order valence-electron chi connectivity index (χ0n) is 17.8. The van der Waals surface area contributed by atoms with E-state index in [0.29, 0.717) is 5.56 Å². The van der Waals surface area contributed by atoms with Gasteiger partial charge in [-0.2, -0.15) is 17.9 Å². The smallest absolute Gasteiger partial charge is 0.416 e. The first kappa shape index (κ1) is 25.5. The zero-order chi connectivity index (χ0) is 24.9. The van der Waals surface area contributed by atoms with Crippen LogP contribution in [0, 0.1) is 0 Å². The van der Waals surface area contributed by atoms with Gasteiger partial charge in [0.15, 0.2) is 0 Å². The number of hydrogen-bond acceptors (Lipinski definition) is 4. The van der Waals surface area contributed by atoms with E-state index in [4.69, 9.17) is 16.3 Å². The fourth-order valence-electron chi connectivity index (χ4n) is 3.15. The third kappa shape index (κ3) is 6.49. The van der Waals surface area contributed by atoms with Crippen LogP contribution in [0.3, 0.4) is 0 Å². The average molecular weight is 513 g/mol. The van der Waals surface area contributed by atoms with Crippen LogP contribution >= 0.6 is 11.6 Å². The molecule has 3 aromatic rings. The number of rotatable bonds is 8. The molecule has 11 heteroatoms. The summed E-state index contributed by atoms with van der Waals surface area (Å²) >= 11 is 5.95. The van der Waals surface area contributed by atoms with Crippen molar-refractivity contribution < 1.29 is 31.1 Å². The summed E-state index contributed by atoms with van der Waals surface area (Å²) in [6.07, 6.45) is -4.66. The molecule has 0 heterocycles.